The van der Waals surface area contributed by atoms with E-state index in [9.17, 15) is 19.2 Å². The Labute approximate surface area is 148 Å². The molecule has 10 heteroatoms. The van der Waals surface area contributed by atoms with Crippen molar-refractivity contribution < 1.29 is 29.0 Å². The summed E-state index contributed by atoms with van der Waals surface area (Å²) >= 11 is 0.955. The van der Waals surface area contributed by atoms with Gasteiger partial charge in [-0.1, -0.05) is 0 Å². The van der Waals surface area contributed by atoms with Gasteiger partial charge in [0, 0.05) is 20.6 Å². The van der Waals surface area contributed by atoms with Crippen LogP contribution in [-0.4, -0.2) is 61.1 Å². The fraction of sp³-hybridized carbons (Fsp3) is 0.467. The zero-order valence-electron chi connectivity index (χ0n) is 14.5. The van der Waals surface area contributed by atoms with Gasteiger partial charge >= 0.3 is 18.0 Å². The summed E-state index contributed by atoms with van der Waals surface area (Å²) in [5.41, 5.74) is 0.525. The first-order valence-electron chi connectivity index (χ1n) is 7.49. The number of carboxylic acids is 1. The number of esters is 1. The molecule has 0 spiro atoms. The summed E-state index contributed by atoms with van der Waals surface area (Å²) in [5.74, 6) is -2.05. The molecule has 3 amide bonds. The molecule has 1 rings (SSSR count). The smallest absolute Gasteiger partial charge is 0.341 e. The van der Waals surface area contributed by atoms with Crippen LogP contribution in [0.15, 0.2) is 0 Å². The van der Waals surface area contributed by atoms with Crippen molar-refractivity contribution in [3.05, 3.63) is 16.0 Å². The molecule has 0 fully saturated rings. The molecule has 0 atom stereocenters. The monoisotopic (exact) mass is 371 g/mol. The van der Waals surface area contributed by atoms with Crippen molar-refractivity contribution in [1.29, 1.82) is 0 Å². The highest BCUT2D eigenvalue weighted by Gasteiger charge is 2.26. The summed E-state index contributed by atoms with van der Waals surface area (Å²) in [5, 5.41) is 13.9. The number of thiophene rings is 1. The average molecular weight is 371 g/mol. The van der Waals surface area contributed by atoms with Crippen molar-refractivity contribution in [2.24, 2.45) is 0 Å². The summed E-state index contributed by atoms with van der Waals surface area (Å²) < 4.78 is 4.99. The van der Waals surface area contributed by atoms with Gasteiger partial charge in [0.25, 0.3) is 5.91 Å². The first-order valence-corrected chi connectivity index (χ1v) is 8.31. The number of hydrogen-bond acceptors (Lipinski definition) is 6. The molecule has 0 aliphatic rings. The lowest BCUT2D eigenvalue weighted by atomic mass is 10.1. The van der Waals surface area contributed by atoms with Crippen LogP contribution in [0.3, 0.4) is 0 Å². The number of ether oxygens (including phenoxy) is 1. The Bertz CT molecular complexity index is 685. The van der Waals surface area contributed by atoms with E-state index in [1.807, 2.05) is 0 Å². The van der Waals surface area contributed by atoms with E-state index in [2.05, 4.69) is 10.6 Å². The Balaban J connectivity index is 3.11. The molecule has 0 radical (unpaired) electrons. The standard InChI is InChI=1S/C15H21N3O6S/c1-5-24-14(22)10-8(2)11(12(21)16-3)25-13(10)17-15(23)18(4)7-6-9(19)20/h5-7H2,1-4H3,(H,16,21)(H,17,23)(H,19,20). The van der Waals surface area contributed by atoms with Crippen molar-refractivity contribution in [2.75, 3.05) is 32.6 Å². The topological polar surface area (TPSA) is 125 Å². The number of aliphatic carboxylic acids is 1. The Hall–Kier alpha value is -2.62. The van der Waals surface area contributed by atoms with Crippen LogP contribution in [0, 0.1) is 6.92 Å². The highest BCUT2D eigenvalue weighted by atomic mass is 32.1. The average Bonchev–Trinajstić information content (AvgIpc) is 2.88. The van der Waals surface area contributed by atoms with Crippen molar-refractivity contribution in [3.8, 4) is 0 Å². The van der Waals surface area contributed by atoms with E-state index in [1.165, 1.54) is 19.0 Å². The molecular formula is C15H21N3O6S. The van der Waals surface area contributed by atoms with Crippen LogP contribution in [-0.2, 0) is 9.53 Å². The number of hydrogen-bond donors (Lipinski definition) is 3. The van der Waals surface area contributed by atoms with Crippen molar-refractivity contribution in [1.82, 2.24) is 10.2 Å². The number of rotatable bonds is 7. The zero-order chi connectivity index (χ0) is 19.1. The molecule has 0 saturated carbocycles. The first kappa shape index (κ1) is 20.4. The zero-order valence-corrected chi connectivity index (χ0v) is 15.3. The summed E-state index contributed by atoms with van der Waals surface area (Å²) in [6.45, 7) is 3.40. The third-order valence-electron chi connectivity index (χ3n) is 3.29. The molecule has 0 aliphatic heterocycles. The SMILES string of the molecule is CCOC(=O)c1c(NC(=O)N(C)CCC(=O)O)sc(C(=O)NC)c1C. The fourth-order valence-corrected chi connectivity index (χ4v) is 3.07. The molecule has 138 valence electrons. The number of carbonyl (C=O) groups excluding carboxylic acids is 3. The maximum Gasteiger partial charge on any atom is 0.341 e. The van der Waals surface area contributed by atoms with Gasteiger partial charge in [-0.3, -0.25) is 14.9 Å². The molecule has 0 aromatic carbocycles. The molecule has 0 bridgehead atoms. The number of nitrogens with one attached hydrogen (secondary N) is 2. The minimum atomic E-state index is -1.03. The summed E-state index contributed by atoms with van der Waals surface area (Å²) in [6, 6.07) is -0.587. The highest BCUT2D eigenvalue weighted by molar-refractivity contribution is 7.18. The van der Waals surface area contributed by atoms with E-state index < -0.39 is 18.0 Å². The number of nitrogens with zero attached hydrogens (tertiary/aromatic N) is 1. The van der Waals surface area contributed by atoms with Crippen molar-refractivity contribution in [3.63, 3.8) is 0 Å². The minimum Gasteiger partial charge on any atom is -0.481 e. The molecule has 3 N–H and O–H groups in total. The second-order valence-corrected chi connectivity index (χ2v) is 6.08. The lowest BCUT2D eigenvalue weighted by molar-refractivity contribution is -0.137. The Morgan fingerprint density at radius 1 is 1.28 bits per heavy atom. The molecule has 0 unspecified atom stereocenters. The third kappa shape index (κ3) is 5.18. The van der Waals surface area contributed by atoms with Gasteiger partial charge in [-0.25, -0.2) is 9.59 Å². The van der Waals surface area contributed by atoms with E-state index in [0.717, 1.165) is 11.3 Å². The summed E-state index contributed by atoms with van der Waals surface area (Å²) in [4.78, 5) is 48.4. The second kappa shape index (κ2) is 9.02. The predicted octanol–water partition coefficient (Wildman–Crippen LogP) is 1.53. The quantitative estimate of drug-likeness (QED) is 0.624. The molecule has 0 aliphatic carbocycles. The van der Waals surface area contributed by atoms with E-state index in [0.29, 0.717) is 5.56 Å². The first-order chi connectivity index (χ1) is 11.7. The van der Waals surface area contributed by atoms with Crippen molar-refractivity contribution >= 4 is 40.2 Å². The van der Waals surface area contributed by atoms with Gasteiger partial charge in [0.05, 0.1) is 23.5 Å². The van der Waals surface area contributed by atoms with Crippen LogP contribution in [0.5, 0.6) is 0 Å². The van der Waals surface area contributed by atoms with Crippen LogP contribution < -0.4 is 10.6 Å². The van der Waals surface area contributed by atoms with Crippen LogP contribution in [0.4, 0.5) is 9.80 Å². The molecular weight excluding hydrogens is 350 g/mol. The number of amides is 3. The molecule has 1 aromatic heterocycles. The maximum atomic E-state index is 12.2. The largest absolute Gasteiger partial charge is 0.481 e. The maximum absolute atomic E-state index is 12.2. The Kier molecular flexibility index (Phi) is 7.37. The lowest BCUT2D eigenvalue weighted by Gasteiger charge is -2.16. The van der Waals surface area contributed by atoms with Gasteiger partial charge in [-0.2, -0.15) is 0 Å². The van der Waals surface area contributed by atoms with Crippen LogP contribution in [0.25, 0.3) is 0 Å². The predicted molar refractivity (Wildman–Crippen MR) is 92.3 cm³/mol. The molecule has 25 heavy (non-hydrogen) atoms. The van der Waals surface area contributed by atoms with Crippen LogP contribution >= 0.6 is 11.3 Å². The fourth-order valence-electron chi connectivity index (χ4n) is 1.94. The number of urea groups is 1. The minimum absolute atomic E-state index is 0.00255. The molecule has 1 aromatic rings. The Morgan fingerprint density at radius 2 is 1.92 bits per heavy atom. The van der Waals surface area contributed by atoms with Gasteiger partial charge in [-0.05, 0) is 19.4 Å². The number of carbonyl (C=O) groups is 4. The molecule has 1 heterocycles. The summed E-state index contributed by atoms with van der Waals surface area (Å²) in [6.07, 6.45) is -0.207. The number of carboxylic acid groups (broad SMARTS) is 1. The van der Waals surface area contributed by atoms with Gasteiger partial charge in [-0.15, -0.1) is 11.3 Å². The Morgan fingerprint density at radius 3 is 2.44 bits per heavy atom. The number of anilines is 1. The van der Waals surface area contributed by atoms with E-state index in [-0.39, 0.29) is 40.9 Å². The molecule has 0 saturated heterocycles. The van der Waals surface area contributed by atoms with E-state index >= 15 is 0 Å². The van der Waals surface area contributed by atoms with Gasteiger partial charge in [0.2, 0.25) is 0 Å². The van der Waals surface area contributed by atoms with Crippen LogP contribution in [0.2, 0.25) is 0 Å². The van der Waals surface area contributed by atoms with Crippen LogP contribution in [0.1, 0.15) is 38.9 Å². The van der Waals surface area contributed by atoms with E-state index in [1.54, 1.807) is 13.8 Å². The second-order valence-electron chi connectivity index (χ2n) is 5.06. The highest BCUT2D eigenvalue weighted by Crippen LogP contribution is 2.34. The molecule has 9 nitrogen and oxygen atoms in total. The third-order valence-corrected chi connectivity index (χ3v) is 4.49. The van der Waals surface area contributed by atoms with Crippen molar-refractivity contribution in [2.45, 2.75) is 20.3 Å². The normalized spacial score (nSPS) is 10.1. The van der Waals surface area contributed by atoms with Gasteiger partial charge < -0.3 is 20.1 Å². The van der Waals surface area contributed by atoms with Gasteiger partial charge in [0.15, 0.2) is 0 Å². The van der Waals surface area contributed by atoms with E-state index in [4.69, 9.17) is 9.84 Å². The lowest BCUT2D eigenvalue weighted by Crippen LogP contribution is -2.33. The van der Waals surface area contributed by atoms with Gasteiger partial charge in [0.1, 0.15) is 5.00 Å². The summed E-state index contributed by atoms with van der Waals surface area (Å²) in [7, 11) is 2.89.